The van der Waals surface area contributed by atoms with Gasteiger partial charge in [-0.2, -0.15) is 0 Å². The maximum absolute atomic E-state index is 13.1. The number of unbranched alkanes of at least 4 members (excludes halogenated alkanes) is 1. The van der Waals surface area contributed by atoms with Gasteiger partial charge in [-0.25, -0.2) is 0 Å². The standard InChI is InChI=1S/C24H31ClN2O3/c1-4-6-15-26-24(29)21(5-2)27(16-19-11-13-20(25)14-12-19)23(28)17-30-22-10-8-7-9-18(22)3/h7-14,21H,4-6,15-17H2,1-3H3,(H,26,29)/t21-/m0/s1. The molecule has 162 valence electrons. The molecule has 0 bridgehead atoms. The zero-order valence-corrected chi connectivity index (χ0v) is 18.7. The number of aryl methyl sites for hydroxylation is 1. The average Bonchev–Trinajstić information content (AvgIpc) is 2.74. The minimum absolute atomic E-state index is 0.128. The molecule has 30 heavy (non-hydrogen) atoms. The van der Waals surface area contributed by atoms with Crippen molar-refractivity contribution in [3.05, 3.63) is 64.7 Å². The highest BCUT2D eigenvalue weighted by Gasteiger charge is 2.28. The predicted molar refractivity (Wildman–Crippen MR) is 121 cm³/mol. The SMILES string of the molecule is CCCCNC(=O)[C@H](CC)N(Cc1ccc(Cl)cc1)C(=O)COc1ccccc1C. The van der Waals surface area contributed by atoms with Crippen molar-refractivity contribution in [2.24, 2.45) is 0 Å². The second-order valence-corrected chi connectivity index (χ2v) is 7.71. The smallest absolute Gasteiger partial charge is 0.261 e. The van der Waals surface area contributed by atoms with E-state index in [0.717, 1.165) is 24.0 Å². The number of carbonyl (C=O) groups is 2. The van der Waals surface area contributed by atoms with Crippen LogP contribution in [0.2, 0.25) is 5.02 Å². The van der Waals surface area contributed by atoms with E-state index in [1.54, 1.807) is 17.0 Å². The molecule has 2 amide bonds. The van der Waals surface area contributed by atoms with E-state index >= 15 is 0 Å². The Labute approximate surface area is 184 Å². The monoisotopic (exact) mass is 430 g/mol. The number of nitrogens with one attached hydrogen (secondary N) is 1. The van der Waals surface area contributed by atoms with Gasteiger partial charge in [0, 0.05) is 18.1 Å². The number of carbonyl (C=O) groups excluding carboxylic acids is 2. The Balaban J connectivity index is 2.17. The highest BCUT2D eigenvalue weighted by molar-refractivity contribution is 6.30. The first-order valence-corrected chi connectivity index (χ1v) is 10.8. The summed E-state index contributed by atoms with van der Waals surface area (Å²) in [4.78, 5) is 27.5. The fraction of sp³-hybridized carbons (Fsp3) is 0.417. The number of para-hydroxylation sites is 1. The molecule has 5 nitrogen and oxygen atoms in total. The minimum atomic E-state index is -0.564. The second-order valence-electron chi connectivity index (χ2n) is 7.27. The first kappa shape index (κ1) is 23.7. The van der Waals surface area contributed by atoms with E-state index in [0.29, 0.717) is 30.3 Å². The Morgan fingerprint density at radius 3 is 2.43 bits per heavy atom. The Bertz CT molecular complexity index is 823. The van der Waals surface area contributed by atoms with Crippen molar-refractivity contribution >= 4 is 23.4 Å². The van der Waals surface area contributed by atoms with Gasteiger partial charge in [0.1, 0.15) is 11.8 Å². The maximum Gasteiger partial charge on any atom is 0.261 e. The zero-order valence-electron chi connectivity index (χ0n) is 18.0. The summed E-state index contributed by atoms with van der Waals surface area (Å²) in [6.07, 6.45) is 2.42. The van der Waals surface area contributed by atoms with Crippen LogP contribution < -0.4 is 10.1 Å². The first-order chi connectivity index (χ1) is 14.5. The van der Waals surface area contributed by atoms with Crippen molar-refractivity contribution in [2.75, 3.05) is 13.2 Å². The molecular weight excluding hydrogens is 400 g/mol. The van der Waals surface area contributed by atoms with Crippen molar-refractivity contribution in [3.8, 4) is 5.75 Å². The van der Waals surface area contributed by atoms with Crippen LogP contribution in [-0.4, -0.2) is 35.9 Å². The van der Waals surface area contributed by atoms with E-state index in [9.17, 15) is 9.59 Å². The topological polar surface area (TPSA) is 58.6 Å². The van der Waals surface area contributed by atoms with E-state index in [1.165, 1.54) is 0 Å². The molecule has 0 aliphatic carbocycles. The molecule has 2 aromatic rings. The zero-order chi connectivity index (χ0) is 21.9. The summed E-state index contributed by atoms with van der Waals surface area (Å²) in [5, 5.41) is 3.58. The number of benzene rings is 2. The number of amides is 2. The van der Waals surface area contributed by atoms with Crippen LogP contribution in [0.3, 0.4) is 0 Å². The Morgan fingerprint density at radius 1 is 1.10 bits per heavy atom. The van der Waals surface area contributed by atoms with Crippen LogP contribution in [0.4, 0.5) is 0 Å². The van der Waals surface area contributed by atoms with Gasteiger partial charge in [-0.15, -0.1) is 0 Å². The largest absolute Gasteiger partial charge is 0.484 e. The highest BCUT2D eigenvalue weighted by atomic mass is 35.5. The van der Waals surface area contributed by atoms with E-state index in [4.69, 9.17) is 16.3 Å². The van der Waals surface area contributed by atoms with Crippen LogP contribution in [0, 0.1) is 6.92 Å². The molecule has 0 aliphatic rings. The fourth-order valence-corrected chi connectivity index (χ4v) is 3.28. The lowest BCUT2D eigenvalue weighted by atomic mass is 10.1. The third kappa shape index (κ3) is 7.06. The number of hydrogen-bond donors (Lipinski definition) is 1. The Morgan fingerprint density at radius 2 is 1.80 bits per heavy atom. The fourth-order valence-electron chi connectivity index (χ4n) is 3.15. The lowest BCUT2D eigenvalue weighted by Gasteiger charge is -2.30. The van der Waals surface area contributed by atoms with Gasteiger partial charge in [-0.1, -0.05) is 62.2 Å². The number of halogens is 1. The summed E-state index contributed by atoms with van der Waals surface area (Å²) in [7, 11) is 0. The van der Waals surface area contributed by atoms with Crippen LogP contribution in [0.15, 0.2) is 48.5 Å². The van der Waals surface area contributed by atoms with Gasteiger partial charge in [0.2, 0.25) is 5.91 Å². The summed E-state index contributed by atoms with van der Waals surface area (Å²) < 4.78 is 5.77. The molecule has 1 atom stereocenters. The maximum atomic E-state index is 13.1. The predicted octanol–water partition coefficient (Wildman–Crippen LogP) is 4.75. The molecule has 0 fully saturated rings. The normalized spacial score (nSPS) is 11.6. The quantitative estimate of drug-likeness (QED) is 0.523. The van der Waals surface area contributed by atoms with Crippen LogP contribution in [-0.2, 0) is 16.1 Å². The second kappa shape index (κ2) is 12.2. The summed E-state index contributed by atoms with van der Waals surface area (Å²) in [5.74, 6) is 0.299. The van der Waals surface area contributed by atoms with Crippen molar-refractivity contribution in [1.29, 1.82) is 0 Å². The van der Waals surface area contributed by atoms with Crippen molar-refractivity contribution < 1.29 is 14.3 Å². The molecule has 0 radical (unpaired) electrons. The van der Waals surface area contributed by atoms with Crippen molar-refractivity contribution in [3.63, 3.8) is 0 Å². The molecule has 0 saturated heterocycles. The molecule has 0 saturated carbocycles. The van der Waals surface area contributed by atoms with Gasteiger partial charge in [0.15, 0.2) is 6.61 Å². The molecule has 0 unspecified atom stereocenters. The molecular formula is C24H31ClN2O3. The molecule has 0 aliphatic heterocycles. The lowest BCUT2D eigenvalue weighted by molar-refractivity contribution is -0.143. The third-order valence-electron chi connectivity index (χ3n) is 4.93. The van der Waals surface area contributed by atoms with E-state index < -0.39 is 6.04 Å². The Hall–Kier alpha value is -2.53. The molecule has 0 aromatic heterocycles. The van der Waals surface area contributed by atoms with E-state index in [1.807, 2.05) is 50.2 Å². The summed E-state index contributed by atoms with van der Waals surface area (Å²) in [5.41, 5.74) is 1.86. The number of nitrogens with zero attached hydrogens (tertiary/aromatic N) is 1. The molecule has 1 N–H and O–H groups in total. The molecule has 0 heterocycles. The molecule has 2 rings (SSSR count). The Kier molecular flexibility index (Phi) is 9.68. The van der Waals surface area contributed by atoms with Crippen LogP contribution in [0.1, 0.15) is 44.2 Å². The van der Waals surface area contributed by atoms with Gasteiger partial charge < -0.3 is 15.0 Å². The molecule has 6 heteroatoms. The van der Waals surface area contributed by atoms with Gasteiger partial charge in [0.05, 0.1) is 0 Å². The number of rotatable bonds is 11. The third-order valence-corrected chi connectivity index (χ3v) is 5.18. The van der Waals surface area contributed by atoms with Crippen LogP contribution in [0.25, 0.3) is 0 Å². The highest BCUT2D eigenvalue weighted by Crippen LogP contribution is 2.18. The van der Waals surface area contributed by atoms with Crippen LogP contribution in [0.5, 0.6) is 5.75 Å². The average molecular weight is 431 g/mol. The molecule has 2 aromatic carbocycles. The number of hydrogen-bond acceptors (Lipinski definition) is 3. The lowest BCUT2D eigenvalue weighted by Crippen LogP contribution is -2.50. The molecule has 0 spiro atoms. The summed E-state index contributed by atoms with van der Waals surface area (Å²) in [6, 6.07) is 14.3. The van der Waals surface area contributed by atoms with Crippen molar-refractivity contribution in [2.45, 2.75) is 52.6 Å². The van der Waals surface area contributed by atoms with E-state index in [2.05, 4.69) is 12.2 Å². The first-order valence-electron chi connectivity index (χ1n) is 10.5. The summed E-state index contributed by atoms with van der Waals surface area (Å²) >= 11 is 5.99. The van der Waals surface area contributed by atoms with Crippen molar-refractivity contribution in [1.82, 2.24) is 10.2 Å². The minimum Gasteiger partial charge on any atom is -0.484 e. The van der Waals surface area contributed by atoms with Gasteiger partial charge in [-0.05, 0) is 49.1 Å². The van der Waals surface area contributed by atoms with Gasteiger partial charge in [0.25, 0.3) is 5.91 Å². The van der Waals surface area contributed by atoms with E-state index in [-0.39, 0.29) is 18.4 Å². The summed E-state index contributed by atoms with van der Waals surface area (Å²) in [6.45, 7) is 6.71. The van der Waals surface area contributed by atoms with Gasteiger partial charge in [-0.3, -0.25) is 9.59 Å². The van der Waals surface area contributed by atoms with Gasteiger partial charge >= 0.3 is 0 Å². The van der Waals surface area contributed by atoms with Crippen LogP contribution >= 0.6 is 11.6 Å². The number of ether oxygens (including phenoxy) is 1.